The molecule has 0 aromatic heterocycles. The van der Waals surface area contributed by atoms with Gasteiger partial charge in [-0.1, -0.05) is 39.3 Å². The SMILES string of the molecule is CCC(CC)(CNC(C)C)Cc1cc(F)ccc1Cl. The van der Waals surface area contributed by atoms with E-state index in [9.17, 15) is 4.39 Å². The molecule has 0 aliphatic rings. The van der Waals surface area contributed by atoms with E-state index in [1.165, 1.54) is 6.07 Å². The number of hydrogen-bond donors (Lipinski definition) is 1. The molecule has 0 radical (unpaired) electrons. The van der Waals surface area contributed by atoms with Gasteiger partial charge in [0.2, 0.25) is 0 Å². The minimum atomic E-state index is -0.211. The van der Waals surface area contributed by atoms with Gasteiger partial charge in [-0.05, 0) is 48.4 Å². The van der Waals surface area contributed by atoms with Gasteiger partial charge in [-0.3, -0.25) is 0 Å². The summed E-state index contributed by atoms with van der Waals surface area (Å²) < 4.78 is 13.4. The molecule has 0 unspecified atom stereocenters. The zero-order valence-corrected chi connectivity index (χ0v) is 13.1. The summed E-state index contributed by atoms with van der Waals surface area (Å²) in [6.45, 7) is 9.61. The number of nitrogens with one attached hydrogen (secondary N) is 1. The number of halogens is 2. The first-order valence-corrected chi connectivity index (χ1v) is 7.47. The number of hydrogen-bond acceptors (Lipinski definition) is 1. The maximum atomic E-state index is 13.4. The van der Waals surface area contributed by atoms with Crippen LogP contribution < -0.4 is 5.32 Å². The Morgan fingerprint density at radius 3 is 2.42 bits per heavy atom. The van der Waals surface area contributed by atoms with Crippen molar-refractivity contribution in [3.8, 4) is 0 Å². The van der Waals surface area contributed by atoms with E-state index in [-0.39, 0.29) is 11.2 Å². The fraction of sp³-hybridized carbons (Fsp3) is 0.625. The molecular weight excluding hydrogens is 261 g/mol. The first-order chi connectivity index (χ1) is 8.92. The minimum absolute atomic E-state index is 0.141. The monoisotopic (exact) mass is 285 g/mol. The summed E-state index contributed by atoms with van der Waals surface area (Å²) in [6, 6.07) is 5.09. The fourth-order valence-electron chi connectivity index (χ4n) is 2.32. The molecule has 0 aliphatic heterocycles. The van der Waals surface area contributed by atoms with Gasteiger partial charge < -0.3 is 5.32 Å². The molecule has 0 heterocycles. The van der Waals surface area contributed by atoms with E-state index >= 15 is 0 Å². The van der Waals surface area contributed by atoms with E-state index in [2.05, 4.69) is 33.0 Å². The molecule has 1 aromatic rings. The fourth-order valence-corrected chi connectivity index (χ4v) is 2.50. The van der Waals surface area contributed by atoms with Crippen LogP contribution in [0.2, 0.25) is 5.02 Å². The Morgan fingerprint density at radius 1 is 1.26 bits per heavy atom. The third-order valence-corrected chi connectivity index (χ3v) is 4.33. The molecular formula is C16H25ClFN. The molecule has 0 aliphatic carbocycles. The highest BCUT2D eigenvalue weighted by atomic mass is 35.5. The zero-order valence-electron chi connectivity index (χ0n) is 12.4. The van der Waals surface area contributed by atoms with E-state index in [4.69, 9.17) is 11.6 Å². The molecule has 1 aromatic carbocycles. The summed E-state index contributed by atoms with van der Waals surface area (Å²) in [4.78, 5) is 0. The Kier molecular flexibility index (Phi) is 6.28. The van der Waals surface area contributed by atoms with Gasteiger partial charge in [-0.15, -0.1) is 0 Å². The van der Waals surface area contributed by atoms with E-state index in [1.54, 1.807) is 12.1 Å². The zero-order chi connectivity index (χ0) is 14.5. The molecule has 0 saturated carbocycles. The van der Waals surface area contributed by atoms with Gasteiger partial charge >= 0.3 is 0 Å². The molecule has 1 rings (SSSR count). The van der Waals surface area contributed by atoms with Gasteiger partial charge in [-0.25, -0.2) is 4.39 Å². The Balaban J connectivity index is 2.90. The lowest BCUT2D eigenvalue weighted by molar-refractivity contribution is 0.239. The second kappa shape index (κ2) is 7.25. The Labute approximate surface area is 121 Å². The summed E-state index contributed by atoms with van der Waals surface area (Å²) in [5.74, 6) is -0.211. The van der Waals surface area contributed by atoms with Crippen molar-refractivity contribution in [1.29, 1.82) is 0 Å². The lowest BCUT2D eigenvalue weighted by Gasteiger charge is -2.33. The van der Waals surface area contributed by atoms with Crippen LogP contribution >= 0.6 is 11.6 Å². The van der Waals surface area contributed by atoms with Crippen LogP contribution in [-0.4, -0.2) is 12.6 Å². The van der Waals surface area contributed by atoms with Crippen LogP contribution in [0.3, 0.4) is 0 Å². The van der Waals surface area contributed by atoms with Gasteiger partial charge in [0.25, 0.3) is 0 Å². The average molecular weight is 286 g/mol. The lowest BCUT2D eigenvalue weighted by Crippen LogP contribution is -2.38. The average Bonchev–Trinajstić information content (AvgIpc) is 2.38. The van der Waals surface area contributed by atoms with Gasteiger partial charge in [0, 0.05) is 17.6 Å². The topological polar surface area (TPSA) is 12.0 Å². The summed E-state index contributed by atoms with van der Waals surface area (Å²) >= 11 is 6.19. The van der Waals surface area contributed by atoms with Crippen molar-refractivity contribution >= 4 is 11.6 Å². The van der Waals surface area contributed by atoms with Gasteiger partial charge in [0.15, 0.2) is 0 Å². The van der Waals surface area contributed by atoms with Crippen molar-refractivity contribution in [2.75, 3.05) is 6.54 Å². The van der Waals surface area contributed by atoms with E-state index in [0.717, 1.165) is 31.4 Å². The molecule has 0 amide bonds. The maximum Gasteiger partial charge on any atom is 0.123 e. The normalized spacial score (nSPS) is 12.2. The number of benzene rings is 1. The van der Waals surface area contributed by atoms with E-state index < -0.39 is 0 Å². The molecule has 0 atom stereocenters. The Morgan fingerprint density at radius 2 is 1.89 bits per heavy atom. The molecule has 1 N–H and O–H groups in total. The third kappa shape index (κ3) is 4.77. The second-order valence-corrected chi connectivity index (χ2v) is 6.06. The van der Waals surface area contributed by atoms with Crippen molar-refractivity contribution in [2.45, 2.75) is 53.0 Å². The highest BCUT2D eigenvalue weighted by Gasteiger charge is 2.27. The first-order valence-electron chi connectivity index (χ1n) is 7.09. The van der Waals surface area contributed by atoms with Gasteiger partial charge in [0.1, 0.15) is 5.82 Å². The maximum absolute atomic E-state index is 13.4. The van der Waals surface area contributed by atoms with Crippen molar-refractivity contribution in [3.63, 3.8) is 0 Å². The molecule has 0 fully saturated rings. The minimum Gasteiger partial charge on any atom is -0.314 e. The molecule has 3 heteroatoms. The predicted molar refractivity (Wildman–Crippen MR) is 81.3 cm³/mol. The third-order valence-electron chi connectivity index (χ3n) is 3.96. The van der Waals surface area contributed by atoms with Gasteiger partial charge in [-0.2, -0.15) is 0 Å². The Hall–Kier alpha value is -0.600. The van der Waals surface area contributed by atoms with E-state index in [0.29, 0.717) is 11.1 Å². The van der Waals surface area contributed by atoms with Crippen molar-refractivity contribution < 1.29 is 4.39 Å². The van der Waals surface area contributed by atoms with Gasteiger partial charge in [0.05, 0.1) is 0 Å². The van der Waals surface area contributed by atoms with Crippen LogP contribution in [0.1, 0.15) is 46.1 Å². The molecule has 1 nitrogen and oxygen atoms in total. The Bertz CT molecular complexity index is 400. The van der Waals surface area contributed by atoms with Crippen molar-refractivity contribution in [1.82, 2.24) is 5.32 Å². The lowest BCUT2D eigenvalue weighted by atomic mass is 9.76. The smallest absolute Gasteiger partial charge is 0.123 e. The number of rotatable bonds is 7. The highest BCUT2D eigenvalue weighted by Crippen LogP contribution is 2.33. The van der Waals surface area contributed by atoms with Crippen LogP contribution in [0, 0.1) is 11.2 Å². The summed E-state index contributed by atoms with van der Waals surface area (Å²) in [5, 5.41) is 4.17. The van der Waals surface area contributed by atoms with Crippen molar-refractivity contribution in [3.05, 3.63) is 34.6 Å². The predicted octanol–water partition coefficient (Wildman–Crippen LogP) is 4.83. The van der Waals surface area contributed by atoms with Crippen LogP contribution in [-0.2, 0) is 6.42 Å². The molecule has 0 saturated heterocycles. The van der Waals surface area contributed by atoms with Crippen LogP contribution in [0.15, 0.2) is 18.2 Å². The quantitative estimate of drug-likeness (QED) is 0.757. The first kappa shape index (κ1) is 16.5. The molecule has 19 heavy (non-hydrogen) atoms. The highest BCUT2D eigenvalue weighted by molar-refractivity contribution is 6.31. The van der Waals surface area contributed by atoms with E-state index in [1.807, 2.05) is 0 Å². The van der Waals surface area contributed by atoms with Crippen LogP contribution in [0.25, 0.3) is 0 Å². The second-order valence-electron chi connectivity index (χ2n) is 5.66. The van der Waals surface area contributed by atoms with Crippen LogP contribution in [0.5, 0.6) is 0 Å². The molecule has 0 bridgehead atoms. The molecule has 108 valence electrons. The van der Waals surface area contributed by atoms with Crippen LogP contribution in [0.4, 0.5) is 4.39 Å². The largest absolute Gasteiger partial charge is 0.314 e. The standard InChI is InChI=1S/C16H25ClFN/c1-5-16(6-2,11-19-12(3)4)10-13-9-14(18)7-8-15(13)17/h7-9,12,19H,5-6,10-11H2,1-4H3. The summed E-state index contributed by atoms with van der Waals surface area (Å²) in [6.07, 6.45) is 2.92. The van der Waals surface area contributed by atoms with Crippen molar-refractivity contribution in [2.24, 2.45) is 5.41 Å². The summed E-state index contributed by atoms with van der Waals surface area (Å²) in [5.41, 5.74) is 1.05. The summed E-state index contributed by atoms with van der Waals surface area (Å²) in [7, 11) is 0. The molecule has 0 spiro atoms.